The van der Waals surface area contributed by atoms with Crippen LogP contribution in [0, 0.1) is 6.92 Å². The number of hydrogen-bond acceptors (Lipinski definition) is 7. The summed E-state index contributed by atoms with van der Waals surface area (Å²) in [4.78, 5) is 33.0. The number of nitrogens with zero attached hydrogens (tertiary/aromatic N) is 2. The van der Waals surface area contributed by atoms with Gasteiger partial charge in [0.05, 0.1) is 36.9 Å². The van der Waals surface area contributed by atoms with Crippen molar-refractivity contribution in [2.75, 3.05) is 26.9 Å². The number of rotatable bonds is 9. The van der Waals surface area contributed by atoms with E-state index in [-0.39, 0.29) is 18.9 Å². The minimum atomic E-state index is -0.482. The summed E-state index contributed by atoms with van der Waals surface area (Å²) in [7, 11) is 1.60. The van der Waals surface area contributed by atoms with Crippen LogP contribution in [-0.4, -0.2) is 48.8 Å². The molecule has 2 aromatic carbocycles. The highest BCUT2D eigenvalue weighted by Crippen LogP contribution is 2.47. The van der Waals surface area contributed by atoms with Crippen LogP contribution < -0.4 is 5.32 Å². The van der Waals surface area contributed by atoms with Crippen molar-refractivity contribution in [3.05, 3.63) is 88.0 Å². The van der Waals surface area contributed by atoms with Crippen molar-refractivity contribution in [3.63, 3.8) is 0 Å². The van der Waals surface area contributed by atoms with Gasteiger partial charge in [0, 0.05) is 24.9 Å². The Morgan fingerprint density at radius 2 is 1.94 bits per heavy atom. The van der Waals surface area contributed by atoms with Crippen molar-refractivity contribution in [1.82, 2.24) is 10.2 Å². The van der Waals surface area contributed by atoms with E-state index >= 15 is 0 Å². The predicted octanol–water partition coefficient (Wildman–Crippen LogP) is 4.42. The Bertz CT molecular complexity index is 1190. The zero-order valence-corrected chi connectivity index (χ0v) is 20.9. The zero-order valence-electron chi connectivity index (χ0n) is 20.1. The maximum Gasteiger partial charge on any atom is 0.338 e. The van der Waals surface area contributed by atoms with Crippen molar-refractivity contribution >= 4 is 34.5 Å². The SMILES string of the molecule is CCOC(=O)C1=C(c2ccccc2)N=C2SC=C(CC(=O)NCCOC)N2C1c1cccc(C)c1. The monoisotopic (exact) mass is 491 g/mol. The molecule has 0 fully saturated rings. The van der Waals surface area contributed by atoms with Crippen molar-refractivity contribution in [2.45, 2.75) is 26.3 Å². The summed E-state index contributed by atoms with van der Waals surface area (Å²) in [6.07, 6.45) is 0.162. The van der Waals surface area contributed by atoms with E-state index in [2.05, 4.69) is 11.4 Å². The number of methoxy groups -OCH3 is 1. The van der Waals surface area contributed by atoms with Crippen LogP contribution in [0.15, 0.2) is 76.3 Å². The van der Waals surface area contributed by atoms with Crippen LogP contribution in [0.25, 0.3) is 5.70 Å². The molecule has 0 saturated carbocycles. The number of esters is 1. The first-order valence-corrected chi connectivity index (χ1v) is 12.4. The van der Waals surface area contributed by atoms with Crippen LogP contribution in [0.1, 0.15) is 36.1 Å². The average molecular weight is 492 g/mol. The summed E-state index contributed by atoms with van der Waals surface area (Å²) < 4.78 is 10.6. The highest BCUT2D eigenvalue weighted by Gasteiger charge is 2.42. The van der Waals surface area contributed by atoms with E-state index in [0.717, 1.165) is 27.6 Å². The molecule has 1 amide bonds. The second kappa shape index (κ2) is 11.4. The van der Waals surface area contributed by atoms with E-state index in [9.17, 15) is 9.59 Å². The first-order chi connectivity index (χ1) is 17.0. The Kier molecular flexibility index (Phi) is 8.05. The fourth-order valence-electron chi connectivity index (χ4n) is 4.16. The summed E-state index contributed by atoms with van der Waals surface area (Å²) in [5.41, 5.74) is 4.68. The number of thioether (sulfide) groups is 1. The largest absolute Gasteiger partial charge is 0.463 e. The van der Waals surface area contributed by atoms with Crippen molar-refractivity contribution < 1.29 is 19.1 Å². The molecule has 1 atom stereocenters. The first-order valence-electron chi connectivity index (χ1n) is 11.6. The third-order valence-electron chi connectivity index (χ3n) is 5.68. The molecule has 0 bridgehead atoms. The molecular formula is C27H29N3O4S. The first kappa shape index (κ1) is 24.8. The Labute approximate surface area is 209 Å². The lowest BCUT2D eigenvalue weighted by Gasteiger charge is -2.37. The second-order valence-corrected chi connectivity index (χ2v) is 9.01. The van der Waals surface area contributed by atoms with Crippen LogP contribution in [0.2, 0.25) is 0 Å². The van der Waals surface area contributed by atoms with Gasteiger partial charge in [0.1, 0.15) is 0 Å². The van der Waals surface area contributed by atoms with Gasteiger partial charge in [-0.15, -0.1) is 0 Å². The van der Waals surface area contributed by atoms with Gasteiger partial charge in [-0.25, -0.2) is 9.79 Å². The third kappa shape index (κ3) is 5.49. The van der Waals surface area contributed by atoms with E-state index in [1.807, 2.05) is 65.8 Å². The molecule has 0 aliphatic carbocycles. The zero-order chi connectivity index (χ0) is 24.8. The number of amides is 1. The number of fused-ring (bicyclic) bond motifs is 1. The molecule has 0 radical (unpaired) electrons. The van der Waals surface area contributed by atoms with Crippen LogP contribution in [0.3, 0.4) is 0 Å². The maximum atomic E-state index is 13.4. The van der Waals surface area contributed by atoms with Gasteiger partial charge in [0.25, 0.3) is 0 Å². The van der Waals surface area contributed by atoms with Gasteiger partial charge in [0.2, 0.25) is 5.91 Å². The molecule has 1 unspecified atom stereocenters. The lowest BCUT2D eigenvalue weighted by molar-refractivity contribution is -0.139. The molecule has 0 spiro atoms. The summed E-state index contributed by atoms with van der Waals surface area (Å²) in [5, 5.41) is 5.54. The molecular weight excluding hydrogens is 462 g/mol. The van der Waals surface area contributed by atoms with Gasteiger partial charge in [0.15, 0.2) is 5.17 Å². The molecule has 4 rings (SSSR count). The molecule has 2 aromatic rings. The van der Waals surface area contributed by atoms with Crippen LogP contribution in [0.5, 0.6) is 0 Å². The Hall–Kier alpha value is -3.36. The number of carbonyl (C=O) groups excluding carboxylic acids is 2. The topological polar surface area (TPSA) is 80.2 Å². The summed E-state index contributed by atoms with van der Waals surface area (Å²) >= 11 is 1.46. The minimum absolute atomic E-state index is 0.117. The van der Waals surface area contributed by atoms with E-state index in [1.54, 1.807) is 14.0 Å². The molecule has 182 valence electrons. The number of aryl methyl sites for hydroxylation is 1. The summed E-state index contributed by atoms with van der Waals surface area (Å²) in [6.45, 7) is 4.94. The number of amidine groups is 1. The maximum absolute atomic E-state index is 13.4. The fourth-order valence-corrected chi connectivity index (χ4v) is 5.08. The number of ether oxygens (including phenoxy) is 2. The fraction of sp³-hybridized carbons (Fsp3) is 0.296. The molecule has 1 N–H and O–H groups in total. The predicted molar refractivity (Wildman–Crippen MR) is 138 cm³/mol. The number of aliphatic imine (C=N–C) groups is 1. The Morgan fingerprint density at radius 3 is 2.66 bits per heavy atom. The third-order valence-corrected chi connectivity index (χ3v) is 6.57. The van der Waals surface area contributed by atoms with Gasteiger partial charge < -0.3 is 19.7 Å². The highest BCUT2D eigenvalue weighted by molar-refractivity contribution is 8.16. The van der Waals surface area contributed by atoms with Gasteiger partial charge in [-0.05, 0) is 24.8 Å². The van der Waals surface area contributed by atoms with Crippen LogP contribution in [-0.2, 0) is 19.1 Å². The standard InChI is InChI=1S/C27H29N3O4S/c1-4-34-26(32)23-24(19-10-6-5-7-11-19)29-27-30(25(23)20-12-8-9-18(2)15-20)21(17-35-27)16-22(31)28-13-14-33-3/h5-12,15,17,25H,4,13-14,16H2,1-3H3,(H,28,31). The summed E-state index contributed by atoms with van der Waals surface area (Å²) in [5.74, 6) is -0.532. The quantitative estimate of drug-likeness (QED) is 0.413. The van der Waals surface area contributed by atoms with Crippen molar-refractivity contribution in [2.24, 2.45) is 4.99 Å². The smallest absolute Gasteiger partial charge is 0.338 e. The van der Waals surface area contributed by atoms with E-state index in [4.69, 9.17) is 14.5 Å². The lowest BCUT2D eigenvalue weighted by atomic mass is 9.90. The highest BCUT2D eigenvalue weighted by atomic mass is 32.2. The molecule has 8 heteroatoms. The van der Waals surface area contributed by atoms with E-state index in [0.29, 0.717) is 24.4 Å². The van der Waals surface area contributed by atoms with Gasteiger partial charge in [-0.2, -0.15) is 0 Å². The molecule has 2 aliphatic rings. The summed E-state index contributed by atoms with van der Waals surface area (Å²) in [6, 6.07) is 17.3. The molecule has 2 aliphatic heterocycles. The van der Waals surface area contributed by atoms with Gasteiger partial charge in [-0.3, -0.25) is 4.79 Å². The number of nitrogens with one attached hydrogen (secondary N) is 1. The molecule has 7 nitrogen and oxygen atoms in total. The van der Waals surface area contributed by atoms with E-state index < -0.39 is 12.0 Å². The molecule has 0 aromatic heterocycles. The van der Waals surface area contributed by atoms with Crippen molar-refractivity contribution in [3.8, 4) is 0 Å². The molecule has 2 heterocycles. The van der Waals surface area contributed by atoms with Crippen LogP contribution in [0.4, 0.5) is 0 Å². The minimum Gasteiger partial charge on any atom is -0.463 e. The molecule has 0 saturated heterocycles. The normalized spacial score (nSPS) is 17.0. The van der Waals surface area contributed by atoms with Gasteiger partial charge >= 0.3 is 5.97 Å². The number of benzene rings is 2. The van der Waals surface area contributed by atoms with Gasteiger partial charge in [-0.1, -0.05) is 71.9 Å². The Balaban J connectivity index is 1.81. The second-order valence-electron chi connectivity index (χ2n) is 8.18. The lowest BCUT2D eigenvalue weighted by Crippen LogP contribution is -2.38. The number of hydrogen-bond donors (Lipinski definition) is 1. The van der Waals surface area contributed by atoms with Crippen LogP contribution >= 0.6 is 11.8 Å². The average Bonchev–Trinajstić information content (AvgIpc) is 3.26. The Morgan fingerprint density at radius 1 is 1.14 bits per heavy atom. The van der Waals surface area contributed by atoms with Crippen molar-refractivity contribution in [1.29, 1.82) is 0 Å². The molecule has 35 heavy (non-hydrogen) atoms. The van der Waals surface area contributed by atoms with E-state index in [1.165, 1.54) is 11.8 Å². The number of carbonyl (C=O) groups is 2.